The van der Waals surface area contributed by atoms with Crippen molar-refractivity contribution in [3.05, 3.63) is 70.3 Å². The predicted molar refractivity (Wildman–Crippen MR) is 153 cm³/mol. The molecule has 2 fully saturated rings. The molecular formula is C31H37IO5. The molecule has 0 radical (unpaired) electrons. The number of ether oxygens (including phenoxy) is 3. The Balaban J connectivity index is 1.32. The van der Waals surface area contributed by atoms with E-state index in [0.717, 1.165) is 43.2 Å². The lowest BCUT2D eigenvalue weighted by Gasteiger charge is -2.22. The largest absolute Gasteiger partial charge is 0.463 e. The van der Waals surface area contributed by atoms with Crippen LogP contribution in [0.1, 0.15) is 62.7 Å². The Bertz CT molecular complexity index is 1050. The molecule has 198 valence electrons. The lowest BCUT2D eigenvalue weighted by molar-refractivity contribution is -0.147. The highest BCUT2D eigenvalue weighted by molar-refractivity contribution is 14.1. The van der Waals surface area contributed by atoms with Gasteiger partial charge in [0.05, 0.1) is 17.8 Å². The van der Waals surface area contributed by atoms with Gasteiger partial charge >= 0.3 is 11.9 Å². The third kappa shape index (κ3) is 7.66. The number of halogens is 1. The van der Waals surface area contributed by atoms with E-state index in [0.29, 0.717) is 30.4 Å². The van der Waals surface area contributed by atoms with E-state index in [4.69, 9.17) is 14.2 Å². The fourth-order valence-electron chi connectivity index (χ4n) is 5.62. The van der Waals surface area contributed by atoms with Gasteiger partial charge in [-0.1, -0.05) is 71.1 Å². The van der Waals surface area contributed by atoms with E-state index in [9.17, 15) is 9.59 Å². The van der Waals surface area contributed by atoms with Gasteiger partial charge in [-0.2, -0.15) is 0 Å². The first-order valence-corrected chi connectivity index (χ1v) is 14.6. The molecule has 1 saturated heterocycles. The summed E-state index contributed by atoms with van der Waals surface area (Å²) in [5.74, 6) is 0.535. The molecule has 6 heteroatoms. The van der Waals surface area contributed by atoms with Gasteiger partial charge in [0, 0.05) is 25.4 Å². The molecule has 2 aromatic rings. The van der Waals surface area contributed by atoms with Gasteiger partial charge in [-0.05, 0) is 78.7 Å². The molecular weight excluding hydrogens is 579 g/mol. The zero-order chi connectivity index (χ0) is 26.2. The second-order valence-corrected chi connectivity index (χ2v) is 11.1. The van der Waals surface area contributed by atoms with Crippen molar-refractivity contribution in [2.24, 2.45) is 17.8 Å². The zero-order valence-corrected chi connectivity index (χ0v) is 23.8. The van der Waals surface area contributed by atoms with E-state index >= 15 is 0 Å². The van der Waals surface area contributed by atoms with Crippen molar-refractivity contribution in [3.8, 4) is 11.1 Å². The maximum absolute atomic E-state index is 13.0. The summed E-state index contributed by atoms with van der Waals surface area (Å²) in [5, 5.41) is 0. The van der Waals surface area contributed by atoms with Gasteiger partial charge in [0.25, 0.3) is 0 Å². The monoisotopic (exact) mass is 616 g/mol. The third-order valence-electron chi connectivity index (χ3n) is 7.46. The average molecular weight is 617 g/mol. The zero-order valence-electron chi connectivity index (χ0n) is 21.7. The standard InChI is InChI=1S/C31H37IO5/c1-21(2)36-30(33)10-6-7-22-11-16-26-27(17-18-32)29(19-28(26)35-20-22)37-31(34)25-14-12-24(13-15-25)23-8-4-3-5-9-23/h3-5,8-9,12-15,17-18,21-22,26-29H,6-7,10-11,16,19-20H2,1-2H3/t22?,26?,27?,28-,29?/m0/s1. The van der Waals surface area contributed by atoms with Crippen LogP contribution in [0.3, 0.4) is 0 Å². The van der Waals surface area contributed by atoms with Crippen LogP contribution in [-0.2, 0) is 19.0 Å². The van der Waals surface area contributed by atoms with Crippen LogP contribution in [-0.4, -0.2) is 36.9 Å². The molecule has 0 N–H and O–H groups in total. The summed E-state index contributed by atoms with van der Waals surface area (Å²) < 4.78 is 19.7. The Morgan fingerprint density at radius 3 is 2.49 bits per heavy atom. The predicted octanol–water partition coefficient (Wildman–Crippen LogP) is 7.38. The number of rotatable bonds is 9. The summed E-state index contributed by atoms with van der Waals surface area (Å²) in [6.07, 6.45) is 7.09. The smallest absolute Gasteiger partial charge is 0.338 e. The number of hydrogen-bond donors (Lipinski definition) is 0. The van der Waals surface area contributed by atoms with Gasteiger partial charge in [-0.25, -0.2) is 4.79 Å². The fourth-order valence-corrected chi connectivity index (χ4v) is 6.10. The fraction of sp³-hybridized carbons (Fsp3) is 0.484. The van der Waals surface area contributed by atoms with Crippen LogP contribution in [0.4, 0.5) is 0 Å². The molecule has 0 spiro atoms. The Morgan fingerprint density at radius 1 is 1.05 bits per heavy atom. The Kier molecular flexibility index (Phi) is 10.2. The van der Waals surface area contributed by atoms with E-state index in [1.165, 1.54) is 0 Å². The second kappa shape index (κ2) is 13.6. The van der Waals surface area contributed by atoms with Crippen LogP contribution in [0, 0.1) is 17.8 Å². The van der Waals surface area contributed by atoms with Gasteiger partial charge in [0.1, 0.15) is 6.10 Å². The minimum Gasteiger partial charge on any atom is -0.463 e. The summed E-state index contributed by atoms with van der Waals surface area (Å²) in [7, 11) is 0. The van der Waals surface area contributed by atoms with Crippen molar-refractivity contribution in [1.82, 2.24) is 0 Å². The van der Waals surface area contributed by atoms with Crippen molar-refractivity contribution >= 4 is 34.5 Å². The quantitative estimate of drug-likeness (QED) is 0.217. The first kappa shape index (κ1) is 27.8. The maximum atomic E-state index is 13.0. The Morgan fingerprint density at radius 2 is 1.78 bits per heavy atom. The molecule has 0 amide bonds. The van der Waals surface area contributed by atoms with Crippen molar-refractivity contribution in [3.63, 3.8) is 0 Å². The van der Waals surface area contributed by atoms with Crippen LogP contribution in [0.2, 0.25) is 0 Å². The number of carbonyl (C=O) groups is 2. The lowest BCUT2D eigenvalue weighted by atomic mass is 9.86. The molecule has 1 aliphatic carbocycles. The van der Waals surface area contributed by atoms with Crippen molar-refractivity contribution in [1.29, 1.82) is 0 Å². The molecule has 0 bridgehead atoms. The van der Waals surface area contributed by atoms with Crippen molar-refractivity contribution < 1.29 is 23.8 Å². The van der Waals surface area contributed by atoms with E-state index in [-0.39, 0.29) is 36.2 Å². The van der Waals surface area contributed by atoms with E-state index in [1.807, 2.05) is 60.4 Å². The van der Waals surface area contributed by atoms with Gasteiger partial charge < -0.3 is 14.2 Å². The highest BCUT2D eigenvalue weighted by Crippen LogP contribution is 2.43. The van der Waals surface area contributed by atoms with Crippen LogP contribution >= 0.6 is 22.6 Å². The number of benzene rings is 2. The summed E-state index contributed by atoms with van der Waals surface area (Å²) in [6, 6.07) is 17.8. The first-order chi connectivity index (χ1) is 17.9. The Hall–Kier alpha value is -2.19. The second-order valence-electron chi connectivity index (χ2n) is 10.4. The molecule has 5 nitrogen and oxygen atoms in total. The van der Waals surface area contributed by atoms with E-state index in [1.54, 1.807) is 0 Å². The van der Waals surface area contributed by atoms with Gasteiger partial charge in [-0.3, -0.25) is 4.79 Å². The number of fused-ring (bicyclic) bond motifs is 1. The molecule has 4 unspecified atom stereocenters. The topological polar surface area (TPSA) is 61.8 Å². The summed E-state index contributed by atoms with van der Waals surface area (Å²) in [5.41, 5.74) is 2.77. The van der Waals surface area contributed by atoms with Gasteiger partial charge in [0.15, 0.2) is 0 Å². The van der Waals surface area contributed by atoms with Crippen molar-refractivity contribution in [2.75, 3.05) is 6.61 Å². The third-order valence-corrected chi connectivity index (χ3v) is 7.88. The Labute approximate surface area is 234 Å². The number of hydrogen-bond acceptors (Lipinski definition) is 5. The van der Waals surface area contributed by atoms with Gasteiger partial charge in [0.2, 0.25) is 0 Å². The molecule has 0 aromatic heterocycles. The minimum atomic E-state index is -0.279. The van der Waals surface area contributed by atoms with Crippen LogP contribution < -0.4 is 0 Å². The van der Waals surface area contributed by atoms with Crippen molar-refractivity contribution in [2.45, 2.75) is 70.7 Å². The highest BCUT2D eigenvalue weighted by atomic mass is 127. The lowest BCUT2D eigenvalue weighted by Crippen LogP contribution is -2.24. The number of esters is 2. The van der Waals surface area contributed by atoms with Crippen LogP contribution in [0.5, 0.6) is 0 Å². The molecule has 1 heterocycles. The average Bonchev–Trinajstić information content (AvgIpc) is 3.07. The molecule has 2 aliphatic rings. The summed E-state index contributed by atoms with van der Waals surface area (Å²) in [6.45, 7) is 4.45. The molecule has 1 aliphatic heterocycles. The summed E-state index contributed by atoms with van der Waals surface area (Å²) >= 11 is 2.25. The summed E-state index contributed by atoms with van der Waals surface area (Å²) in [4.78, 5) is 24.9. The molecule has 4 rings (SSSR count). The molecule has 5 atom stereocenters. The van der Waals surface area contributed by atoms with Crippen LogP contribution in [0.15, 0.2) is 64.8 Å². The minimum absolute atomic E-state index is 0.0633. The normalized spacial score (nSPS) is 25.6. The highest BCUT2D eigenvalue weighted by Gasteiger charge is 2.46. The van der Waals surface area contributed by atoms with Crippen LogP contribution in [0.25, 0.3) is 11.1 Å². The molecule has 37 heavy (non-hydrogen) atoms. The first-order valence-electron chi connectivity index (χ1n) is 13.4. The van der Waals surface area contributed by atoms with E-state index in [2.05, 4.69) is 40.8 Å². The van der Waals surface area contributed by atoms with Gasteiger partial charge in [-0.15, -0.1) is 0 Å². The SMILES string of the molecule is CC(C)OC(=O)CCCC1CCC2C(C=CI)C(OC(=O)c3ccc(-c4ccccc4)cc3)C[C@@H]2OC1. The number of carbonyl (C=O) groups excluding carboxylic acids is 2. The maximum Gasteiger partial charge on any atom is 0.338 e. The molecule has 2 aromatic carbocycles. The van der Waals surface area contributed by atoms with E-state index < -0.39 is 0 Å². The molecule has 1 saturated carbocycles.